The van der Waals surface area contributed by atoms with Crippen molar-refractivity contribution in [2.75, 3.05) is 6.54 Å². The lowest BCUT2D eigenvalue weighted by Gasteiger charge is -2.19. The minimum Gasteiger partial charge on any atom is -0.313 e. The van der Waals surface area contributed by atoms with Gasteiger partial charge in [0.15, 0.2) is 0 Å². The zero-order valence-electron chi connectivity index (χ0n) is 12.5. The number of hydrogen-bond donors (Lipinski definition) is 1. The number of nitrogens with one attached hydrogen (secondary N) is 1. The van der Waals surface area contributed by atoms with Crippen LogP contribution in [0, 0.1) is 6.92 Å². The van der Waals surface area contributed by atoms with E-state index in [1.54, 1.807) is 0 Å². The first kappa shape index (κ1) is 14.6. The van der Waals surface area contributed by atoms with E-state index in [4.69, 9.17) is 11.6 Å². The molecule has 0 radical (unpaired) electrons. The molecule has 1 N–H and O–H groups in total. The Morgan fingerprint density at radius 1 is 1.14 bits per heavy atom. The number of benzene rings is 2. The highest BCUT2D eigenvalue weighted by Gasteiger charge is 2.22. The van der Waals surface area contributed by atoms with E-state index in [2.05, 4.69) is 54.7 Å². The molecule has 0 aliphatic heterocycles. The summed E-state index contributed by atoms with van der Waals surface area (Å²) in [4.78, 5) is 0. The summed E-state index contributed by atoms with van der Waals surface area (Å²) in [5, 5.41) is 4.49. The zero-order chi connectivity index (χ0) is 14.7. The maximum absolute atomic E-state index is 6.17. The van der Waals surface area contributed by atoms with Gasteiger partial charge in [-0.2, -0.15) is 0 Å². The maximum Gasteiger partial charge on any atom is 0.0408 e. The topological polar surface area (TPSA) is 12.0 Å². The van der Waals surface area contributed by atoms with Gasteiger partial charge in [0.1, 0.15) is 0 Å². The smallest absolute Gasteiger partial charge is 0.0408 e. The molecule has 21 heavy (non-hydrogen) atoms. The average Bonchev–Trinajstić information content (AvgIpc) is 3.27. The number of halogens is 1. The highest BCUT2D eigenvalue weighted by molar-refractivity contribution is 6.30. The van der Waals surface area contributed by atoms with Gasteiger partial charge >= 0.3 is 0 Å². The molecule has 1 aliphatic carbocycles. The van der Waals surface area contributed by atoms with Crippen LogP contribution in [0.2, 0.25) is 5.02 Å². The summed E-state index contributed by atoms with van der Waals surface area (Å²) in [5.41, 5.74) is 4.06. The second-order valence-electron chi connectivity index (χ2n) is 6.13. The summed E-state index contributed by atoms with van der Waals surface area (Å²) in [6, 6.07) is 17.9. The van der Waals surface area contributed by atoms with Gasteiger partial charge in [-0.1, -0.05) is 53.6 Å². The van der Waals surface area contributed by atoms with Crippen molar-refractivity contribution in [3.05, 3.63) is 70.2 Å². The third-order valence-electron chi connectivity index (χ3n) is 4.11. The first-order valence-corrected chi connectivity index (χ1v) is 8.13. The number of hydrogen-bond acceptors (Lipinski definition) is 1. The second-order valence-corrected chi connectivity index (χ2v) is 6.56. The lowest BCUT2D eigenvalue weighted by Crippen LogP contribution is -2.24. The standard InChI is InChI=1S/C19H22ClN/c1-14-4-2-5-15(10-14)11-17(13-21-19-8-9-19)16-6-3-7-18(20)12-16/h2-7,10,12,17,19,21H,8-9,11,13H2,1H3. The third-order valence-corrected chi connectivity index (χ3v) is 4.35. The summed E-state index contributed by atoms with van der Waals surface area (Å²) in [6.07, 6.45) is 3.71. The van der Waals surface area contributed by atoms with Gasteiger partial charge in [-0.3, -0.25) is 0 Å². The van der Waals surface area contributed by atoms with E-state index < -0.39 is 0 Å². The quantitative estimate of drug-likeness (QED) is 0.813. The van der Waals surface area contributed by atoms with Crippen LogP contribution in [-0.4, -0.2) is 12.6 Å². The molecule has 0 saturated heterocycles. The van der Waals surface area contributed by atoms with Crippen LogP contribution in [0.15, 0.2) is 48.5 Å². The fourth-order valence-electron chi connectivity index (χ4n) is 2.79. The Kier molecular flexibility index (Phi) is 4.62. The molecule has 0 bridgehead atoms. The first-order valence-electron chi connectivity index (χ1n) is 7.75. The van der Waals surface area contributed by atoms with E-state index >= 15 is 0 Å². The minimum atomic E-state index is 0.478. The van der Waals surface area contributed by atoms with Crippen molar-refractivity contribution >= 4 is 11.6 Å². The third kappa shape index (κ3) is 4.33. The van der Waals surface area contributed by atoms with Gasteiger partial charge in [-0.05, 0) is 49.4 Å². The van der Waals surface area contributed by atoms with Crippen molar-refractivity contribution in [2.45, 2.75) is 38.1 Å². The molecule has 1 atom stereocenters. The van der Waals surface area contributed by atoms with Crippen LogP contribution >= 0.6 is 11.6 Å². The molecule has 1 unspecified atom stereocenters. The Bertz CT molecular complexity index is 604. The van der Waals surface area contributed by atoms with Crippen molar-refractivity contribution in [3.63, 3.8) is 0 Å². The van der Waals surface area contributed by atoms with E-state index in [0.717, 1.165) is 24.0 Å². The van der Waals surface area contributed by atoms with Gasteiger partial charge in [0, 0.05) is 23.5 Å². The van der Waals surface area contributed by atoms with E-state index in [-0.39, 0.29) is 0 Å². The Morgan fingerprint density at radius 2 is 1.95 bits per heavy atom. The fourth-order valence-corrected chi connectivity index (χ4v) is 2.99. The average molecular weight is 300 g/mol. The Hall–Kier alpha value is -1.31. The first-order chi connectivity index (χ1) is 10.2. The lowest BCUT2D eigenvalue weighted by atomic mass is 9.91. The van der Waals surface area contributed by atoms with Crippen LogP contribution in [0.1, 0.15) is 35.4 Å². The fraction of sp³-hybridized carbons (Fsp3) is 0.368. The maximum atomic E-state index is 6.17. The van der Waals surface area contributed by atoms with Crippen LogP contribution in [0.4, 0.5) is 0 Å². The minimum absolute atomic E-state index is 0.478. The Morgan fingerprint density at radius 3 is 2.67 bits per heavy atom. The monoisotopic (exact) mass is 299 g/mol. The van der Waals surface area contributed by atoms with Crippen molar-refractivity contribution in [1.82, 2.24) is 5.32 Å². The van der Waals surface area contributed by atoms with Gasteiger partial charge in [0.05, 0.1) is 0 Å². The normalized spacial score (nSPS) is 15.9. The molecule has 2 heteroatoms. The molecule has 0 spiro atoms. The molecule has 3 rings (SSSR count). The molecule has 0 aromatic heterocycles. The van der Waals surface area contributed by atoms with Gasteiger partial charge in [-0.15, -0.1) is 0 Å². The van der Waals surface area contributed by atoms with Gasteiger partial charge in [0.25, 0.3) is 0 Å². The van der Waals surface area contributed by atoms with E-state index in [1.165, 1.54) is 29.5 Å². The molecule has 2 aromatic rings. The molecule has 0 amide bonds. The summed E-state index contributed by atoms with van der Waals surface area (Å²) in [5.74, 6) is 0.478. The van der Waals surface area contributed by atoms with Crippen LogP contribution in [0.5, 0.6) is 0 Å². The van der Waals surface area contributed by atoms with E-state index in [1.807, 2.05) is 6.07 Å². The van der Waals surface area contributed by atoms with Gasteiger partial charge in [-0.25, -0.2) is 0 Å². The zero-order valence-corrected chi connectivity index (χ0v) is 13.2. The predicted molar refractivity (Wildman–Crippen MR) is 90.1 cm³/mol. The molecular formula is C19H22ClN. The van der Waals surface area contributed by atoms with Crippen molar-refractivity contribution < 1.29 is 0 Å². The summed E-state index contributed by atoms with van der Waals surface area (Å²) in [7, 11) is 0. The summed E-state index contributed by atoms with van der Waals surface area (Å²) >= 11 is 6.17. The SMILES string of the molecule is Cc1cccc(CC(CNC2CC2)c2cccc(Cl)c2)c1. The summed E-state index contributed by atoms with van der Waals surface area (Å²) in [6.45, 7) is 3.18. The Labute approximate surface area is 132 Å². The molecule has 0 heterocycles. The van der Waals surface area contributed by atoms with E-state index in [9.17, 15) is 0 Å². The largest absolute Gasteiger partial charge is 0.313 e. The second kappa shape index (κ2) is 6.64. The van der Waals surface area contributed by atoms with Crippen molar-refractivity contribution in [1.29, 1.82) is 0 Å². The van der Waals surface area contributed by atoms with Crippen LogP contribution in [0.3, 0.4) is 0 Å². The van der Waals surface area contributed by atoms with Crippen molar-refractivity contribution in [3.8, 4) is 0 Å². The van der Waals surface area contributed by atoms with Crippen LogP contribution in [0.25, 0.3) is 0 Å². The van der Waals surface area contributed by atoms with Crippen molar-refractivity contribution in [2.24, 2.45) is 0 Å². The molecule has 1 saturated carbocycles. The lowest BCUT2D eigenvalue weighted by molar-refractivity contribution is 0.577. The number of aryl methyl sites for hydroxylation is 1. The number of rotatable bonds is 6. The van der Waals surface area contributed by atoms with Crippen LogP contribution in [-0.2, 0) is 6.42 Å². The highest BCUT2D eigenvalue weighted by Crippen LogP contribution is 2.26. The van der Waals surface area contributed by atoms with Crippen LogP contribution < -0.4 is 5.32 Å². The Balaban J connectivity index is 1.77. The molecule has 2 aromatic carbocycles. The molecule has 1 nitrogen and oxygen atoms in total. The van der Waals surface area contributed by atoms with Gasteiger partial charge in [0.2, 0.25) is 0 Å². The van der Waals surface area contributed by atoms with Gasteiger partial charge < -0.3 is 5.32 Å². The summed E-state index contributed by atoms with van der Waals surface area (Å²) < 4.78 is 0. The van der Waals surface area contributed by atoms with E-state index in [0.29, 0.717) is 5.92 Å². The molecule has 110 valence electrons. The predicted octanol–water partition coefficient (Wildman–Crippen LogP) is 4.73. The highest BCUT2D eigenvalue weighted by atomic mass is 35.5. The molecular weight excluding hydrogens is 278 g/mol. The molecule has 1 aliphatic rings. The molecule has 1 fully saturated rings.